The normalized spacial score (nSPS) is 11.3. The summed E-state index contributed by atoms with van der Waals surface area (Å²) in [6, 6.07) is 17.5. The van der Waals surface area contributed by atoms with E-state index in [0.717, 1.165) is 18.2 Å². The molecule has 0 bridgehead atoms. The topological polar surface area (TPSA) is 52.6 Å². The highest BCUT2D eigenvalue weighted by Gasteiger charge is 2.35. The lowest BCUT2D eigenvalue weighted by Gasteiger charge is -2.15. The Kier molecular flexibility index (Phi) is 7.68. The molecule has 0 fully saturated rings. The van der Waals surface area contributed by atoms with Crippen LogP contribution in [0.5, 0.6) is 0 Å². The van der Waals surface area contributed by atoms with Gasteiger partial charge in [0.1, 0.15) is 11.6 Å². The van der Waals surface area contributed by atoms with Gasteiger partial charge in [-0.25, -0.2) is 18.4 Å². The second-order valence-corrected chi connectivity index (χ2v) is 8.20. The van der Waals surface area contributed by atoms with Gasteiger partial charge in [-0.2, -0.15) is 13.2 Å². The number of carbonyl (C=O) groups excluding carboxylic acids is 2. The fourth-order valence-corrected chi connectivity index (χ4v) is 3.96. The molecule has 4 nitrogen and oxygen atoms in total. The molecule has 0 radical (unpaired) electrons. The fraction of sp³-hybridized carbons (Fsp3) is 0.103. The zero-order valence-corrected chi connectivity index (χ0v) is 19.8. The van der Waals surface area contributed by atoms with E-state index in [1.54, 1.807) is 12.1 Å². The molecule has 38 heavy (non-hydrogen) atoms. The minimum atomic E-state index is -4.92. The smallest absolute Gasteiger partial charge is 0.386 e. The lowest BCUT2D eigenvalue weighted by atomic mass is 9.96. The highest BCUT2D eigenvalue weighted by atomic mass is 19.4. The van der Waals surface area contributed by atoms with Crippen LogP contribution in [0.1, 0.15) is 31.8 Å². The van der Waals surface area contributed by atoms with Crippen LogP contribution in [0.2, 0.25) is 0 Å². The standard InChI is InChI=1S/C29H19F5O4/c1-37-16-19-14-17(10-12-20(19)22-6-2-4-8-25(22)30)27(35)38-28(36)18-11-13-21(24(15-18)29(32,33)34)23-7-3-5-9-26(23)31/h2-15H,16H2,1H3. The number of ether oxygens (including phenoxy) is 2. The van der Waals surface area contributed by atoms with E-state index in [2.05, 4.69) is 0 Å². The zero-order valence-electron chi connectivity index (χ0n) is 19.8. The largest absolute Gasteiger partial charge is 0.417 e. The molecule has 0 unspecified atom stereocenters. The molecule has 0 saturated carbocycles. The molecule has 194 valence electrons. The van der Waals surface area contributed by atoms with E-state index in [4.69, 9.17) is 9.47 Å². The number of alkyl halides is 3. The molecule has 0 saturated heterocycles. The number of benzene rings is 4. The predicted molar refractivity (Wildman–Crippen MR) is 129 cm³/mol. The first-order chi connectivity index (χ1) is 18.1. The van der Waals surface area contributed by atoms with Crippen molar-refractivity contribution in [3.8, 4) is 22.3 Å². The molecule has 0 aromatic heterocycles. The SMILES string of the molecule is COCc1cc(C(=O)OC(=O)c2ccc(-c3ccccc3F)c(C(F)(F)F)c2)ccc1-c1ccccc1F. The van der Waals surface area contributed by atoms with Crippen molar-refractivity contribution < 1.29 is 41.0 Å². The molecule has 0 aliphatic rings. The third-order valence-corrected chi connectivity index (χ3v) is 5.71. The molecule has 0 spiro atoms. The van der Waals surface area contributed by atoms with Gasteiger partial charge in [-0.05, 0) is 53.1 Å². The third kappa shape index (κ3) is 5.63. The van der Waals surface area contributed by atoms with Crippen LogP contribution in [0, 0.1) is 11.6 Å². The van der Waals surface area contributed by atoms with Gasteiger partial charge in [0.25, 0.3) is 0 Å². The summed E-state index contributed by atoms with van der Waals surface area (Å²) >= 11 is 0. The predicted octanol–water partition coefficient (Wildman–Crippen LogP) is 7.46. The van der Waals surface area contributed by atoms with Gasteiger partial charge in [0.2, 0.25) is 0 Å². The molecule has 0 atom stereocenters. The Morgan fingerprint density at radius 1 is 0.684 bits per heavy atom. The first-order valence-corrected chi connectivity index (χ1v) is 11.2. The van der Waals surface area contributed by atoms with Crippen LogP contribution in [0.3, 0.4) is 0 Å². The summed E-state index contributed by atoms with van der Waals surface area (Å²) in [6.07, 6.45) is -4.92. The highest BCUT2D eigenvalue weighted by molar-refractivity contribution is 6.03. The van der Waals surface area contributed by atoms with Crippen LogP contribution in [0.25, 0.3) is 22.3 Å². The maximum Gasteiger partial charge on any atom is 0.417 e. The monoisotopic (exact) mass is 526 g/mol. The number of halogens is 5. The molecule has 0 amide bonds. The van der Waals surface area contributed by atoms with Crippen LogP contribution in [0.15, 0.2) is 84.9 Å². The van der Waals surface area contributed by atoms with Gasteiger partial charge < -0.3 is 9.47 Å². The Balaban J connectivity index is 1.63. The number of methoxy groups -OCH3 is 1. The summed E-state index contributed by atoms with van der Waals surface area (Å²) < 4.78 is 79.8. The molecule has 0 heterocycles. The molecule has 4 rings (SSSR count). The number of hydrogen-bond acceptors (Lipinski definition) is 4. The Morgan fingerprint density at radius 2 is 1.18 bits per heavy atom. The maximum atomic E-state index is 14.3. The van der Waals surface area contributed by atoms with E-state index in [0.29, 0.717) is 17.2 Å². The lowest BCUT2D eigenvalue weighted by Crippen LogP contribution is -2.15. The van der Waals surface area contributed by atoms with E-state index in [-0.39, 0.29) is 23.3 Å². The molecule has 0 N–H and O–H groups in total. The molecule has 0 aliphatic carbocycles. The van der Waals surface area contributed by atoms with Crippen molar-refractivity contribution in [1.29, 1.82) is 0 Å². The zero-order chi connectivity index (χ0) is 27.4. The van der Waals surface area contributed by atoms with Crippen LogP contribution in [-0.2, 0) is 22.3 Å². The van der Waals surface area contributed by atoms with Crippen LogP contribution >= 0.6 is 0 Å². The Morgan fingerprint density at radius 3 is 1.71 bits per heavy atom. The Labute approximate surface area is 214 Å². The van der Waals surface area contributed by atoms with Crippen molar-refractivity contribution in [2.24, 2.45) is 0 Å². The van der Waals surface area contributed by atoms with Crippen LogP contribution < -0.4 is 0 Å². The first kappa shape index (κ1) is 26.7. The minimum Gasteiger partial charge on any atom is -0.386 e. The van der Waals surface area contributed by atoms with Crippen molar-refractivity contribution in [2.75, 3.05) is 7.11 Å². The van der Waals surface area contributed by atoms with Crippen molar-refractivity contribution in [1.82, 2.24) is 0 Å². The Bertz CT molecular complexity index is 1510. The Hall–Kier alpha value is -4.37. The van der Waals surface area contributed by atoms with Crippen molar-refractivity contribution in [3.05, 3.63) is 119 Å². The summed E-state index contributed by atoms with van der Waals surface area (Å²) in [4.78, 5) is 25.3. The van der Waals surface area contributed by atoms with Gasteiger partial charge in [-0.15, -0.1) is 0 Å². The van der Waals surface area contributed by atoms with Gasteiger partial charge in [-0.3, -0.25) is 0 Å². The quantitative estimate of drug-likeness (QED) is 0.149. The van der Waals surface area contributed by atoms with Crippen LogP contribution in [-0.4, -0.2) is 19.0 Å². The number of carbonyl (C=O) groups is 2. The van der Waals surface area contributed by atoms with E-state index in [1.165, 1.54) is 55.6 Å². The van der Waals surface area contributed by atoms with Crippen LogP contribution in [0.4, 0.5) is 22.0 Å². The third-order valence-electron chi connectivity index (χ3n) is 5.71. The number of rotatable bonds is 6. The van der Waals surface area contributed by atoms with E-state index in [9.17, 15) is 31.5 Å². The summed E-state index contributed by atoms with van der Waals surface area (Å²) in [5, 5.41) is 0. The van der Waals surface area contributed by atoms with E-state index >= 15 is 0 Å². The van der Waals surface area contributed by atoms with Gasteiger partial charge in [-0.1, -0.05) is 48.5 Å². The summed E-state index contributed by atoms with van der Waals surface area (Å²) in [5.41, 5.74) is -1.52. The van der Waals surface area contributed by atoms with Crippen molar-refractivity contribution in [2.45, 2.75) is 12.8 Å². The number of hydrogen-bond donors (Lipinski definition) is 0. The maximum absolute atomic E-state index is 14.3. The average molecular weight is 526 g/mol. The molecule has 9 heteroatoms. The summed E-state index contributed by atoms with van der Waals surface area (Å²) in [5.74, 6) is -3.81. The van der Waals surface area contributed by atoms with Gasteiger partial charge in [0.15, 0.2) is 0 Å². The lowest BCUT2D eigenvalue weighted by molar-refractivity contribution is -0.137. The van der Waals surface area contributed by atoms with Gasteiger partial charge in [0, 0.05) is 18.2 Å². The molecule has 4 aromatic carbocycles. The fourth-order valence-electron chi connectivity index (χ4n) is 3.96. The van der Waals surface area contributed by atoms with Gasteiger partial charge >= 0.3 is 18.1 Å². The summed E-state index contributed by atoms with van der Waals surface area (Å²) in [6.45, 7) is 0.00514. The molecule has 4 aromatic rings. The van der Waals surface area contributed by atoms with Crippen molar-refractivity contribution in [3.63, 3.8) is 0 Å². The highest BCUT2D eigenvalue weighted by Crippen LogP contribution is 2.38. The number of esters is 2. The van der Waals surface area contributed by atoms with E-state index < -0.39 is 46.4 Å². The summed E-state index contributed by atoms with van der Waals surface area (Å²) in [7, 11) is 1.41. The second-order valence-electron chi connectivity index (χ2n) is 8.20. The first-order valence-electron chi connectivity index (χ1n) is 11.2. The molecule has 0 aliphatic heterocycles. The van der Waals surface area contributed by atoms with Gasteiger partial charge in [0.05, 0.1) is 23.3 Å². The second kappa shape index (κ2) is 10.9. The molecular weight excluding hydrogens is 507 g/mol. The average Bonchev–Trinajstić information content (AvgIpc) is 2.89. The molecular formula is C29H19F5O4. The van der Waals surface area contributed by atoms with Crippen molar-refractivity contribution >= 4 is 11.9 Å². The van der Waals surface area contributed by atoms with E-state index in [1.807, 2.05) is 0 Å². The minimum absolute atomic E-state index is 0.00514.